The van der Waals surface area contributed by atoms with E-state index in [1.54, 1.807) is 0 Å². The zero-order valence-electron chi connectivity index (χ0n) is 19.1. The third kappa shape index (κ3) is 7.51. The molecule has 32 heavy (non-hydrogen) atoms. The summed E-state index contributed by atoms with van der Waals surface area (Å²) in [5, 5.41) is 7.49. The SMILES string of the molecule is CC(C)(C)OC(=O)N1CCCC1CBr.Clc1cc2cnccc2cc1SCC1CCCN1. The lowest BCUT2D eigenvalue weighted by Crippen LogP contribution is -2.40. The van der Waals surface area contributed by atoms with Crippen molar-refractivity contribution >= 4 is 56.2 Å². The number of halogens is 2. The van der Waals surface area contributed by atoms with Gasteiger partial charge >= 0.3 is 6.09 Å². The van der Waals surface area contributed by atoms with Crippen LogP contribution in [0.2, 0.25) is 5.02 Å². The maximum atomic E-state index is 11.7. The fourth-order valence-electron chi connectivity index (χ4n) is 3.84. The maximum Gasteiger partial charge on any atom is 0.410 e. The molecule has 1 amide bonds. The number of ether oxygens (including phenoxy) is 1. The van der Waals surface area contributed by atoms with Crippen LogP contribution in [0.15, 0.2) is 35.5 Å². The molecule has 0 radical (unpaired) electrons. The highest BCUT2D eigenvalue weighted by molar-refractivity contribution is 9.09. The lowest BCUT2D eigenvalue weighted by atomic mass is 10.2. The second-order valence-corrected chi connectivity index (χ2v) is 11.4. The van der Waals surface area contributed by atoms with Crippen LogP contribution in [0.1, 0.15) is 46.5 Å². The standard InChI is InChI=1S/C14H15ClN2S.C10H18BrNO2/c15-13-6-11-8-16-5-3-10(11)7-14(13)18-9-12-2-1-4-17-12;1-10(2,3)14-9(13)12-6-4-5-8(12)7-11/h3,5-8,12,17H,1-2,4,9H2;8H,4-7H2,1-3H3. The summed E-state index contributed by atoms with van der Waals surface area (Å²) < 4.78 is 5.32. The van der Waals surface area contributed by atoms with Gasteiger partial charge in [0.1, 0.15) is 5.60 Å². The first-order valence-electron chi connectivity index (χ1n) is 11.2. The lowest BCUT2D eigenvalue weighted by Gasteiger charge is -2.27. The summed E-state index contributed by atoms with van der Waals surface area (Å²) >= 11 is 11.6. The Hall–Kier alpha value is -1.02. The Morgan fingerprint density at radius 1 is 1.31 bits per heavy atom. The Bertz CT molecular complexity index is 902. The van der Waals surface area contributed by atoms with Crippen molar-refractivity contribution in [3.8, 4) is 0 Å². The molecule has 1 aromatic carbocycles. The number of benzene rings is 1. The van der Waals surface area contributed by atoms with Gasteiger partial charge in [-0.1, -0.05) is 27.5 Å². The molecule has 0 bridgehead atoms. The van der Waals surface area contributed by atoms with Gasteiger partial charge in [-0.15, -0.1) is 11.8 Å². The predicted octanol–water partition coefficient (Wildman–Crippen LogP) is 6.51. The van der Waals surface area contributed by atoms with E-state index in [9.17, 15) is 4.79 Å². The maximum absolute atomic E-state index is 11.7. The van der Waals surface area contributed by atoms with E-state index < -0.39 is 5.60 Å². The summed E-state index contributed by atoms with van der Waals surface area (Å²) in [7, 11) is 0. The number of amides is 1. The number of thioether (sulfide) groups is 1. The number of nitrogens with zero attached hydrogens (tertiary/aromatic N) is 2. The van der Waals surface area contributed by atoms with Crippen molar-refractivity contribution in [2.45, 2.75) is 69.0 Å². The first-order valence-corrected chi connectivity index (χ1v) is 13.7. The number of carbonyl (C=O) groups is 1. The first-order chi connectivity index (χ1) is 15.3. The molecule has 0 spiro atoms. The van der Waals surface area contributed by atoms with Crippen LogP contribution in [0, 0.1) is 0 Å². The van der Waals surface area contributed by atoms with Crippen molar-refractivity contribution in [1.29, 1.82) is 0 Å². The molecule has 5 nitrogen and oxygen atoms in total. The van der Waals surface area contributed by atoms with Crippen molar-refractivity contribution in [2.75, 3.05) is 24.2 Å². The molecule has 2 aliphatic rings. The fourth-order valence-corrected chi connectivity index (χ4v) is 5.93. The van der Waals surface area contributed by atoms with Crippen LogP contribution in [0.3, 0.4) is 0 Å². The summed E-state index contributed by atoms with van der Waals surface area (Å²) in [6.45, 7) is 7.66. The van der Waals surface area contributed by atoms with E-state index >= 15 is 0 Å². The normalized spacial score (nSPS) is 20.8. The van der Waals surface area contributed by atoms with Crippen LogP contribution in [-0.4, -0.2) is 57.8 Å². The fraction of sp³-hybridized carbons (Fsp3) is 0.583. The molecule has 1 N–H and O–H groups in total. The lowest BCUT2D eigenvalue weighted by molar-refractivity contribution is 0.0242. The third-order valence-corrected chi connectivity index (χ3v) is 7.87. The monoisotopic (exact) mass is 541 g/mol. The molecule has 1 aromatic heterocycles. The molecule has 0 saturated carbocycles. The Morgan fingerprint density at radius 3 is 2.81 bits per heavy atom. The molecule has 8 heteroatoms. The van der Waals surface area contributed by atoms with Crippen LogP contribution in [-0.2, 0) is 4.74 Å². The van der Waals surface area contributed by atoms with E-state index in [2.05, 4.69) is 32.3 Å². The number of likely N-dealkylation sites (tertiary alicyclic amines) is 1. The molecule has 2 saturated heterocycles. The number of carbonyl (C=O) groups excluding carboxylic acids is 1. The van der Waals surface area contributed by atoms with Gasteiger partial charge in [0.05, 0.1) is 5.02 Å². The Labute approximate surface area is 209 Å². The summed E-state index contributed by atoms with van der Waals surface area (Å²) in [6, 6.07) is 7.15. The predicted molar refractivity (Wildman–Crippen MR) is 138 cm³/mol. The summed E-state index contributed by atoms with van der Waals surface area (Å²) in [5.41, 5.74) is -0.392. The van der Waals surface area contributed by atoms with Gasteiger partial charge in [-0.3, -0.25) is 4.98 Å². The smallest absolute Gasteiger partial charge is 0.410 e. The number of pyridine rings is 1. The van der Waals surface area contributed by atoms with Gasteiger partial charge in [0.15, 0.2) is 0 Å². The summed E-state index contributed by atoms with van der Waals surface area (Å²) in [4.78, 5) is 18.8. The molecule has 2 aromatic rings. The number of nitrogens with one attached hydrogen (secondary N) is 1. The van der Waals surface area contributed by atoms with Crippen LogP contribution in [0.5, 0.6) is 0 Å². The summed E-state index contributed by atoms with van der Waals surface area (Å²) in [6.07, 6.45) is 8.22. The average Bonchev–Trinajstić information content (AvgIpc) is 3.43. The van der Waals surface area contributed by atoms with Crippen molar-refractivity contribution in [2.24, 2.45) is 0 Å². The van der Waals surface area contributed by atoms with Crippen LogP contribution in [0.4, 0.5) is 4.79 Å². The van der Waals surface area contributed by atoms with Crippen LogP contribution in [0.25, 0.3) is 10.8 Å². The highest BCUT2D eigenvalue weighted by Crippen LogP contribution is 2.32. The van der Waals surface area contributed by atoms with Gasteiger partial charge in [-0.05, 0) is 76.6 Å². The van der Waals surface area contributed by atoms with Crippen molar-refractivity contribution in [3.63, 3.8) is 0 Å². The van der Waals surface area contributed by atoms with Gasteiger partial charge in [0.25, 0.3) is 0 Å². The van der Waals surface area contributed by atoms with Crippen molar-refractivity contribution in [3.05, 3.63) is 35.6 Å². The number of hydrogen-bond donors (Lipinski definition) is 1. The molecule has 3 heterocycles. The first kappa shape index (κ1) is 25.6. The number of aromatic nitrogens is 1. The Morgan fingerprint density at radius 2 is 2.12 bits per heavy atom. The second kappa shape index (κ2) is 11.9. The van der Waals surface area contributed by atoms with Gasteiger partial charge in [0.2, 0.25) is 0 Å². The molecule has 0 aliphatic carbocycles. The number of rotatable bonds is 4. The third-order valence-electron chi connectivity index (χ3n) is 5.48. The van der Waals surface area contributed by atoms with Gasteiger partial charge in [-0.2, -0.15) is 0 Å². The average molecular weight is 543 g/mol. The zero-order chi connectivity index (χ0) is 23.1. The minimum Gasteiger partial charge on any atom is -0.444 e. The minimum atomic E-state index is -0.392. The highest BCUT2D eigenvalue weighted by Gasteiger charge is 2.31. The molecule has 4 rings (SSSR count). The molecule has 2 fully saturated rings. The van der Waals surface area contributed by atoms with Crippen LogP contribution < -0.4 is 5.32 Å². The second-order valence-electron chi connectivity index (χ2n) is 9.23. The largest absolute Gasteiger partial charge is 0.444 e. The van der Waals surface area contributed by atoms with Crippen molar-refractivity contribution < 1.29 is 9.53 Å². The van der Waals surface area contributed by atoms with Gasteiger partial charge in [-0.25, -0.2) is 4.79 Å². The molecular formula is C24H33BrClN3O2S. The van der Waals surface area contributed by atoms with Crippen LogP contribution >= 0.6 is 39.3 Å². The highest BCUT2D eigenvalue weighted by atomic mass is 79.9. The van der Waals surface area contributed by atoms with E-state index in [0.29, 0.717) is 12.1 Å². The van der Waals surface area contributed by atoms with E-state index in [-0.39, 0.29) is 6.09 Å². The van der Waals surface area contributed by atoms with Gasteiger partial charge in [0, 0.05) is 52.4 Å². The van der Waals surface area contributed by atoms with E-state index in [1.165, 1.54) is 23.1 Å². The molecular weight excluding hydrogens is 510 g/mol. The molecule has 2 unspecified atom stereocenters. The Balaban J connectivity index is 0.000000188. The van der Waals surface area contributed by atoms with Gasteiger partial charge < -0.3 is 15.0 Å². The number of alkyl halides is 1. The number of hydrogen-bond acceptors (Lipinski definition) is 5. The molecule has 2 atom stereocenters. The van der Waals surface area contributed by atoms with Crippen molar-refractivity contribution in [1.82, 2.24) is 15.2 Å². The zero-order valence-corrected chi connectivity index (χ0v) is 22.2. The van der Waals surface area contributed by atoms with E-state index in [0.717, 1.165) is 47.4 Å². The molecule has 2 aliphatic heterocycles. The Kier molecular flexibility index (Phi) is 9.53. The topological polar surface area (TPSA) is 54.5 Å². The van der Waals surface area contributed by atoms with E-state index in [4.69, 9.17) is 16.3 Å². The minimum absolute atomic E-state index is 0.181. The molecule has 176 valence electrons. The number of fused-ring (bicyclic) bond motifs is 1. The quantitative estimate of drug-likeness (QED) is 0.352. The van der Waals surface area contributed by atoms with E-state index in [1.807, 2.05) is 62.0 Å². The summed E-state index contributed by atoms with van der Waals surface area (Å²) in [5.74, 6) is 1.09.